The Morgan fingerprint density at radius 1 is 1.22 bits per heavy atom. The molecule has 0 amide bonds. The Kier molecular flexibility index (Phi) is 5.16. The highest BCUT2D eigenvalue weighted by Crippen LogP contribution is 2.21. The molecule has 1 N–H and O–H groups in total. The molecular weight excluding hydrogens is 340 g/mol. The zero-order valence-corrected chi connectivity index (χ0v) is 15.5. The summed E-state index contributed by atoms with van der Waals surface area (Å²) >= 11 is 0. The lowest BCUT2D eigenvalue weighted by Crippen LogP contribution is -2.30. The number of hydrogen-bond donors (Lipinski definition) is 1. The molecule has 0 aliphatic carbocycles. The first-order chi connectivity index (χ1) is 13.2. The molecule has 2 aromatic heterocycles. The summed E-state index contributed by atoms with van der Waals surface area (Å²) in [5, 5.41) is 12.6. The van der Waals surface area contributed by atoms with Crippen molar-refractivity contribution in [2.75, 3.05) is 13.1 Å². The lowest BCUT2D eigenvalue weighted by Gasteiger charge is -2.22. The third-order valence-corrected chi connectivity index (χ3v) is 5.22. The molecule has 0 atom stereocenters. The van der Waals surface area contributed by atoms with Crippen molar-refractivity contribution < 1.29 is 4.52 Å². The smallest absolute Gasteiger partial charge is 0.296 e. The summed E-state index contributed by atoms with van der Waals surface area (Å²) in [6, 6.07) is 9.95. The Labute approximate surface area is 157 Å². The first kappa shape index (κ1) is 17.7. The van der Waals surface area contributed by atoms with Gasteiger partial charge in [0.25, 0.3) is 5.56 Å². The molecule has 0 unspecified atom stereocenters. The van der Waals surface area contributed by atoms with Crippen molar-refractivity contribution >= 4 is 23.1 Å². The second kappa shape index (κ2) is 7.88. The van der Waals surface area contributed by atoms with Crippen LogP contribution < -0.4 is 10.9 Å². The van der Waals surface area contributed by atoms with E-state index in [0.29, 0.717) is 29.1 Å². The standard InChI is InChI=1S/C21H24N4O2/c1-15-19-18(8-7-16-5-3-2-4-6-16)27-24-20(19)21(26)25(23-15)14-11-17-9-12-22-13-10-17/h2-8,17,22H,9-14H2,1H3/b8-7+. The van der Waals surface area contributed by atoms with E-state index < -0.39 is 0 Å². The van der Waals surface area contributed by atoms with Crippen LogP contribution in [0.1, 0.15) is 36.3 Å². The van der Waals surface area contributed by atoms with Crippen molar-refractivity contribution in [2.24, 2.45) is 5.92 Å². The molecule has 3 aromatic rings. The predicted molar refractivity (Wildman–Crippen MR) is 106 cm³/mol. The van der Waals surface area contributed by atoms with Crippen LogP contribution in [-0.2, 0) is 6.54 Å². The van der Waals surface area contributed by atoms with E-state index in [0.717, 1.165) is 43.6 Å². The quantitative estimate of drug-likeness (QED) is 0.752. The number of piperidine rings is 1. The van der Waals surface area contributed by atoms with Gasteiger partial charge in [0.05, 0.1) is 11.1 Å². The minimum Gasteiger partial charge on any atom is -0.355 e. The molecule has 4 rings (SSSR count). The van der Waals surface area contributed by atoms with Gasteiger partial charge >= 0.3 is 0 Å². The maximum absolute atomic E-state index is 12.8. The Morgan fingerprint density at radius 2 is 2.00 bits per heavy atom. The highest BCUT2D eigenvalue weighted by Gasteiger charge is 2.18. The number of hydrogen-bond acceptors (Lipinski definition) is 5. The number of aryl methyl sites for hydroxylation is 2. The summed E-state index contributed by atoms with van der Waals surface area (Å²) in [4.78, 5) is 12.8. The number of nitrogens with zero attached hydrogens (tertiary/aromatic N) is 3. The summed E-state index contributed by atoms with van der Waals surface area (Å²) < 4.78 is 7.00. The lowest BCUT2D eigenvalue weighted by atomic mass is 9.95. The summed E-state index contributed by atoms with van der Waals surface area (Å²) in [7, 11) is 0. The summed E-state index contributed by atoms with van der Waals surface area (Å²) in [6.45, 7) is 4.65. The van der Waals surface area contributed by atoms with E-state index >= 15 is 0 Å². The van der Waals surface area contributed by atoms with Gasteiger partial charge in [0.2, 0.25) is 0 Å². The van der Waals surface area contributed by atoms with Gasteiger partial charge in [-0.05, 0) is 56.8 Å². The molecule has 0 bridgehead atoms. The Hall–Kier alpha value is -2.73. The average molecular weight is 364 g/mol. The van der Waals surface area contributed by atoms with Gasteiger partial charge in [0, 0.05) is 6.54 Å². The van der Waals surface area contributed by atoms with Crippen LogP contribution in [0.15, 0.2) is 39.6 Å². The molecule has 0 saturated carbocycles. The SMILES string of the molecule is Cc1nn(CCC2CCNCC2)c(=O)c2noc(/C=C/c3ccccc3)c12. The molecule has 1 aliphatic rings. The van der Waals surface area contributed by atoms with Crippen LogP contribution in [0.3, 0.4) is 0 Å². The number of benzene rings is 1. The normalized spacial score (nSPS) is 15.7. The van der Waals surface area contributed by atoms with Crippen LogP contribution in [0.25, 0.3) is 23.1 Å². The minimum atomic E-state index is -0.173. The topological polar surface area (TPSA) is 73.0 Å². The van der Waals surface area contributed by atoms with E-state index in [4.69, 9.17) is 4.52 Å². The van der Waals surface area contributed by atoms with Gasteiger partial charge in [-0.15, -0.1) is 0 Å². The van der Waals surface area contributed by atoms with E-state index in [2.05, 4.69) is 15.6 Å². The first-order valence-corrected chi connectivity index (χ1v) is 9.53. The zero-order chi connectivity index (χ0) is 18.6. The fraction of sp³-hybridized carbons (Fsp3) is 0.381. The fourth-order valence-electron chi connectivity index (χ4n) is 3.67. The van der Waals surface area contributed by atoms with Crippen LogP contribution in [0, 0.1) is 12.8 Å². The number of rotatable bonds is 5. The third-order valence-electron chi connectivity index (χ3n) is 5.22. The number of aromatic nitrogens is 3. The predicted octanol–water partition coefficient (Wildman–Crippen LogP) is 3.25. The molecule has 0 spiro atoms. The molecular formula is C21H24N4O2. The molecule has 140 valence electrons. The van der Waals surface area contributed by atoms with E-state index in [1.54, 1.807) is 4.68 Å². The average Bonchev–Trinajstić information content (AvgIpc) is 3.14. The molecule has 1 aliphatic heterocycles. The maximum Gasteiger partial charge on any atom is 0.296 e. The summed E-state index contributed by atoms with van der Waals surface area (Å²) in [6.07, 6.45) is 7.08. The lowest BCUT2D eigenvalue weighted by molar-refractivity contribution is 0.329. The van der Waals surface area contributed by atoms with Gasteiger partial charge in [0.15, 0.2) is 11.3 Å². The highest BCUT2D eigenvalue weighted by atomic mass is 16.5. The van der Waals surface area contributed by atoms with Gasteiger partial charge < -0.3 is 9.84 Å². The van der Waals surface area contributed by atoms with Crippen molar-refractivity contribution in [3.05, 3.63) is 57.7 Å². The molecule has 1 saturated heterocycles. The molecule has 3 heterocycles. The summed E-state index contributed by atoms with van der Waals surface area (Å²) in [5.41, 5.74) is 2.01. The van der Waals surface area contributed by atoms with Crippen molar-refractivity contribution in [2.45, 2.75) is 32.7 Å². The van der Waals surface area contributed by atoms with Crippen LogP contribution in [0.2, 0.25) is 0 Å². The van der Waals surface area contributed by atoms with Crippen LogP contribution in [0.5, 0.6) is 0 Å². The monoisotopic (exact) mass is 364 g/mol. The number of nitrogens with one attached hydrogen (secondary N) is 1. The Bertz CT molecular complexity index is 998. The third kappa shape index (κ3) is 3.85. The zero-order valence-electron chi connectivity index (χ0n) is 15.5. The van der Waals surface area contributed by atoms with E-state index in [1.165, 1.54) is 0 Å². The maximum atomic E-state index is 12.8. The molecule has 1 aromatic carbocycles. The van der Waals surface area contributed by atoms with Gasteiger partial charge in [-0.25, -0.2) is 4.68 Å². The molecule has 1 fully saturated rings. The summed E-state index contributed by atoms with van der Waals surface area (Å²) in [5.74, 6) is 1.22. The largest absolute Gasteiger partial charge is 0.355 e. The van der Waals surface area contributed by atoms with Gasteiger partial charge in [-0.2, -0.15) is 5.10 Å². The van der Waals surface area contributed by atoms with Crippen molar-refractivity contribution in [3.63, 3.8) is 0 Å². The van der Waals surface area contributed by atoms with E-state index in [1.807, 2.05) is 49.4 Å². The number of fused-ring (bicyclic) bond motifs is 1. The highest BCUT2D eigenvalue weighted by molar-refractivity contribution is 5.89. The van der Waals surface area contributed by atoms with Crippen LogP contribution in [-0.4, -0.2) is 28.0 Å². The fourth-order valence-corrected chi connectivity index (χ4v) is 3.67. The van der Waals surface area contributed by atoms with Gasteiger partial charge in [-0.1, -0.05) is 41.6 Å². The molecule has 27 heavy (non-hydrogen) atoms. The Morgan fingerprint density at radius 3 is 2.78 bits per heavy atom. The second-order valence-electron chi connectivity index (χ2n) is 7.11. The first-order valence-electron chi connectivity index (χ1n) is 9.53. The molecule has 6 heteroatoms. The van der Waals surface area contributed by atoms with E-state index in [9.17, 15) is 4.79 Å². The molecule has 0 radical (unpaired) electrons. The van der Waals surface area contributed by atoms with Gasteiger partial charge in [-0.3, -0.25) is 4.79 Å². The van der Waals surface area contributed by atoms with Crippen LogP contribution in [0.4, 0.5) is 0 Å². The van der Waals surface area contributed by atoms with Crippen molar-refractivity contribution in [3.8, 4) is 0 Å². The van der Waals surface area contributed by atoms with Crippen molar-refractivity contribution in [1.82, 2.24) is 20.3 Å². The van der Waals surface area contributed by atoms with Gasteiger partial charge in [0.1, 0.15) is 0 Å². The Balaban J connectivity index is 1.59. The van der Waals surface area contributed by atoms with Crippen molar-refractivity contribution in [1.29, 1.82) is 0 Å². The minimum absolute atomic E-state index is 0.173. The molecule has 6 nitrogen and oxygen atoms in total. The van der Waals surface area contributed by atoms with E-state index in [-0.39, 0.29) is 5.56 Å². The second-order valence-corrected chi connectivity index (χ2v) is 7.11. The van der Waals surface area contributed by atoms with Crippen LogP contribution >= 0.6 is 0 Å².